The molecule has 1 atom stereocenters. The number of anilines is 2. The molecule has 0 unspecified atom stereocenters. The van der Waals surface area contributed by atoms with Crippen LogP contribution in [0.15, 0.2) is 42.5 Å². The van der Waals surface area contributed by atoms with Crippen molar-refractivity contribution < 1.29 is 19.1 Å². The van der Waals surface area contributed by atoms with E-state index in [1.165, 1.54) is 4.90 Å². The number of amides is 3. The Kier molecular flexibility index (Phi) is 8.88. The highest BCUT2D eigenvalue weighted by Gasteiger charge is 2.36. The smallest absolute Gasteiger partial charge is 0.273 e. The zero-order chi connectivity index (χ0) is 27.3. The van der Waals surface area contributed by atoms with Gasteiger partial charge in [0.2, 0.25) is 5.91 Å². The van der Waals surface area contributed by atoms with Crippen LogP contribution in [-0.4, -0.2) is 35.7 Å². The van der Waals surface area contributed by atoms with Crippen LogP contribution in [0.1, 0.15) is 63.2 Å². The van der Waals surface area contributed by atoms with Gasteiger partial charge < -0.3 is 21.5 Å². The van der Waals surface area contributed by atoms with Crippen molar-refractivity contribution in [2.45, 2.75) is 40.2 Å². The fourth-order valence-electron chi connectivity index (χ4n) is 3.78. The van der Waals surface area contributed by atoms with E-state index in [9.17, 15) is 14.4 Å². The average molecular weight is 524 g/mol. The number of carbonyl (C=O) groups excluding carboxylic acids is 3. The SMILES string of the molecule is COc1ccc([C@H](C(=O)NCCC(C)C)N(C(=O)c2snc(C(N)=O)c2N)c2ccc(C)c(C)c2)cc1. The Morgan fingerprint density at radius 1 is 1.08 bits per heavy atom. The number of methoxy groups -OCH3 is 1. The van der Waals surface area contributed by atoms with Gasteiger partial charge in [0.25, 0.3) is 11.8 Å². The molecule has 0 fully saturated rings. The molecule has 0 aliphatic carbocycles. The molecule has 0 saturated carbocycles. The number of carbonyl (C=O) groups is 3. The number of hydrogen-bond acceptors (Lipinski definition) is 7. The van der Waals surface area contributed by atoms with E-state index in [0.29, 0.717) is 29.5 Å². The van der Waals surface area contributed by atoms with Crippen molar-refractivity contribution >= 4 is 40.6 Å². The van der Waals surface area contributed by atoms with E-state index >= 15 is 0 Å². The van der Waals surface area contributed by atoms with Crippen LogP contribution in [0.4, 0.5) is 11.4 Å². The number of nitrogens with zero attached hydrogens (tertiary/aromatic N) is 2. The van der Waals surface area contributed by atoms with Crippen LogP contribution in [0.3, 0.4) is 0 Å². The molecule has 0 bridgehead atoms. The van der Waals surface area contributed by atoms with Gasteiger partial charge in [0, 0.05) is 12.2 Å². The molecule has 9 nitrogen and oxygen atoms in total. The highest BCUT2D eigenvalue weighted by Crippen LogP contribution is 2.34. The van der Waals surface area contributed by atoms with Gasteiger partial charge in [-0.3, -0.25) is 19.3 Å². The molecule has 196 valence electrons. The van der Waals surface area contributed by atoms with Crippen molar-refractivity contribution in [3.05, 3.63) is 69.7 Å². The predicted octanol–water partition coefficient (Wildman–Crippen LogP) is 4.00. The summed E-state index contributed by atoms with van der Waals surface area (Å²) < 4.78 is 9.27. The molecule has 3 aromatic rings. The van der Waals surface area contributed by atoms with E-state index in [1.807, 2.05) is 26.0 Å². The van der Waals surface area contributed by atoms with Gasteiger partial charge in [-0.05, 0) is 78.7 Å². The van der Waals surface area contributed by atoms with E-state index in [-0.39, 0.29) is 22.2 Å². The Hall–Kier alpha value is -3.92. The molecule has 1 aromatic heterocycles. The third-order valence-electron chi connectivity index (χ3n) is 6.10. The van der Waals surface area contributed by atoms with Crippen molar-refractivity contribution in [1.82, 2.24) is 9.69 Å². The van der Waals surface area contributed by atoms with Gasteiger partial charge in [0.15, 0.2) is 5.69 Å². The number of rotatable bonds is 10. The summed E-state index contributed by atoms with van der Waals surface area (Å²) in [7, 11) is 1.55. The van der Waals surface area contributed by atoms with Crippen LogP contribution in [-0.2, 0) is 4.79 Å². The topological polar surface area (TPSA) is 141 Å². The lowest BCUT2D eigenvalue weighted by molar-refractivity contribution is -0.122. The van der Waals surface area contributed by atoms with Crippen molar-refractivity contribution in [1.29, 1.82) is 0 Å². The summed E-state index contributed by atoms with van der Waals surface area (Å²) in [6.45, 7) is 8.48. The van der Waals surface area contributed by atoms with Gasteiger partial charge in [-0.25, -0.2) is 0 Å². The maximum absolute atomic E-state index is 14.1. The van der Waals surface area contributed by atoms with Crippen LogP contribution in [0.2, 0.25) is 0 Å². The summed E-state index contributed by atoms with van der Waals surface area (Å²) in [5.41, 5.74) is 14.3. The molecule has 0 aliphatic rings. The number of nitrogen functional groups attached to an aromatic ring is 1. The average Bonchev–Trinajstić information content (AvgIpc) is 3.25. The summed E-state index contributed by atoms with van der Waals surface area (Å²) in [6, 6.07) is 11.4. The molecule has 2 aromatic carbocycles. The summed E-state index contributed by atoms with van der Waals surface area (Å²) in [5, 5.41) is 2.98. The van der Waals surface area contributed by atoms with E-state index in [4.69, 9.17) is 16.2 Å². The molecule has 10 heteroatoms. The highest BCUT2D eigenvalue weighted by atomic mass is 32.1. The third-order valence-corrected chi connectivity index (χ3v) is 6.95. The number of primary amides is 1. The normalized spacial score (nSPS) is 11.7. The van der Waals surface area contributed by atoms with Crippen molar-refractivity contribution in [2.24, 2.45) is 11.7 Å². The minimum atomic E-state index is -1.04. The number of nitrogens with two attached hydrogens (primary N) is 2. The molecule has 0 aliphatic heterocycles. The fraction of sp³-hybridized carbons (Fsp3) is 0.333. The van der Waals surface area contributed by atoms with Gasteiger partial charge in [-0.2, -0.15) is 4.37 Å². The molecule has 0 radical (unpaired) electrons. The minimum absolute atomic E-state index is 0.0283. The summed E-state index contributed by atoms with van der Waals surface area (Å²) in [5.74, 6) is -0.740. The first-order valence-electron chi connectivity index (χ1n) is 11.9. The highest BCUT2D eigenvalue weighted by molar-refractivity contribution is 7.09. The first kappa shape index (κ1) is 27.7. The Morgan fingerprint density at radius 3 is 2.30 bits per heavy atom. The minimum Gasteiger partial charge on any atom is -0.497 e. The lowest BCUT2D eigenvalue weighted by Crippen LogP contribution is -2.44. The van der Waals surface area contributed by atoms with E-state index in [2.05, 4.69) is 23.5 Å². The number of nitrogens with one attached hydrogen (secondary N) is 1. The lowest BCUT2D eigenvalue weighted by Gasteiger charge is -2.32. The summed E-state index contributed by atoms with van der Waals surface area (Å²) >= 11 is 0.776. The zero-order valence-corrected chi connectivity index (χ0v) is 22.5. The summed E-state index contributed by atoms with van der Waals surface area (Å²) in [4.78, 5) is 41.0. The molecule has 37 heavy (non-hydrogen) atoms. The maximum atomic E-state index is 14.1. The first-order chi connectivity index (χ1) is 17.5. The quantitative estimate of drug-likeness (QED) is 0.367. The molecular weight excluding hydrogens is 490 g/mol. The third kappa shape index (κ3) is 6.26. The number of hydrogen-bond donors (Lipinski definition) is 3. The van der Waals surface area contributed by atoms with Crippen molar-refractivity contribution in [3.8, 4) is 5.75 Å². The zero-order valence-electron chi connectivity index (χ0n) is 21.7. The summed E-state index contributed by atoms with van der Waals surface area (Å²) in [6.07, 6.45) is 0.780. The van der Waals surface area contributed by atoms with Crippen LogP contribution >= 0.6 is 11.5 Å². The molecular formula is C27H33N5O4S. The Balaban J connectivity index is 2.19. The number of aryl methyl sites for hydroxylation is 2. The van der Waals surface area contributed by atoms with E-state index in [1.54, 1.807) is 37.4 Å². The van der Waals surface area contributed by atoms with Crippen LogP contribution in [0.25, 0.3) is 0 Å². The Labute approximate surface area is 221 Å². The maximum Gasteiger partial charge on any atom is 0.273 e. The van der Waals surface area contributed by atoms with E-state index < -0.39 is 17.9 Å². The van der Waals surface area contributed by atoms with Crippen molar-refractivity contribution in [3.63, 3.8) is 0 Å². The number of aromatic nitrogens is 1. The first-order valence-corrected chi connectivity index (χ1v) is 12.7. The molecule has 1 heterocycles. The van der Waals surface area contributed by atoms with Crippen LogP contribution in [0.5, 0.6) is 5.75 Å². The van der Waals surface area contributed by atoms with Crippen molar-refractivity contribution in [2.75, 3.05) is 24.3 Å². The largest absolute Gasteiger partial charge is 0.497 e. The van der Waals surface area contributed by atoms with Gasteiger partial charge in [-0.15, -0.1) is 0 Å². The van der Waals surface area contributed by atoms with Gasteiger partial charge in [0.05, 0.1) is 12.8 Å². The standard InChI is InChI=1S/C27H33N5O4S/c1-15(2)12-13-30-26(34)23(18-7-10-20(36-5)11-8-18)32(19-9-6-16(3)17(4)14-19)27(35)24-21(28)22(25(29)33)31-37-24/h6-11,14-15,23H,12-13,28H2,1-5H3,(H2,29,33)(H,30,34)/t23-/m1/s1. The Morgan fingerprint density at radius 2 is 1.76 bits per heavy atom. The molecule has 5 N–H and O–H groups in total. The monoisotopic (exact) mass is 523 g/mol. The van der Waals surface area contributed by atoms with E-state index in [0.717, 1.165) is 29.1 Å². The second-order valence-electron chi connectivity index (χ2n) is 9.23. The number of benzene rings is 2. The molecule has 0 spiro atoms. The predicted molar refractivity (Wildman–Crippen MR) is 146 cm³/mol. The number of ether oxygens (including phenoxy) is 1. The van der Waals surface area contributed by atoms with Gasteiger partial charge >= 0.3 is 0 Å². The molecule has 3 rings (SSSR count). The van der Waals surface area contributed by atoms with Crippen LogP contribution < -0.4 is 26.4 Å². The Bertz CT molecular complexity index is 1290. The lowest BCUT2D eigenvalue weighted by atomic mass is 10.0. The fourth-order valence-corrected chi connectivity index (χ4v) is 4.52. The molecule has 0 saturated heterocycles. The second kappa shape index (κ2) is 11.9. The molecule has 3 amide bonds. The van der Waals surface area contributed by atoms with Gasteiger partial charge in [0.1, 0.15) is 16.7 Å². The second-order valence-corrected chi connectivity index (χ2v) is 10.0. The van der Waals surface area contributed by atoms with Gasteiger partial charge in [-0.1, -0.05) is 32.0 Å². The van der Waals surface area contributed by atoms with Crippen LogP contribution in [0, 0.1) is 19.8 Å².